The number of nitrogens with two attached hydrogens (primary N) is 1. The summed E-state index contributed by atoms with van der Waals surface area (Å²) in [6.45, 7) is 4.48. The van der Waals surface area contributed by atoms with Crippen LogP contribution in [0.4, 0.5) is 0 Å². The molecule has 0 aromatic heterocycles. The van der Waals surface area contributed by atoms with Crippen LogP contribution in [0.25, 0.3) is 0 Å². The molecule has 0 spiro atoms. The predicted molar refractivity (Wildman–Crippen MR) is 76.9 cm³/mol. The molecule has 0 aliphatic heterocycles. The van der Waals surface area contributed by atoms with E-state index in [4.69, 9.17) is 5.73 Å². The van der Waals surface area contributed by atoms with Crippen molar-refractivity contribution in [1.29, 1.82) is 0 Å². The van der Waals surface area contributed by atoms with Gasteiger partial charge in [0.1, 0.15) is 0 Å². The van der Waals surface area contributed by atoms with Gasteiger partial charge in [-0.2, -0.15) is 0 Å². The third-order valence-corrected chi connectivity index (χ3v) is 4.94. The lowest BCUT2D eigenvalue weighted by atomic mass is 9.77. The number of halogens is 1. The smallest absolute Gasteiger partial charge is 0.0323 e. The molecule has 94 valence electrons. The van der Waals surface area contributed by atoms with Crippen molar-refractivity contribution in [2.45, 2.75) is 45.6 Å². The zero-order valence-corrected chi connectivity index (χ0v) is 12.3. The van der Waals surface area contributed by atoms with Gasteiger partial charge in [0, 0.05) is 10.5 Å². The van der Waals surface area contributed by atoms with Crippen LogP contribution in [0.1, 0.15) is 49.8 Å². The molecule has 3 atom stereocenters. The first kappa shape index (κ1) is 13.1. The summed E-state index contributed by atoms with van der Waals surface area (Å²) in [6, 6.07) is 6.73. The van der Waals surface area contributed by atoms with Crippen molar-refractivity contribution in [3.05, 3.63) is 33.8 Å². The summed E-state index contributed by atoms with van der Waals surface area (Å²) in [5, 5.41) is 0. The maximum Gasteiger partial charge on any atom is 0.0323 e. The van der Waals surface area contributed by atoms with Crippen molar-refractivity contribution < 1.29 is 0 Å². The topological polar surface area (TPSA) is 26.0 Å². The molecule has 0 bridgehead atoms. The molecule has 17 heavy (non-hydrogen) atoms. The van der Waals surface area contributed by atoms with Crippen molar-refractivity contribution in [3.63, 3.8) is 0 Å². The minimum absolute atomic E-state index is 0.213. The van der Waals surface area contributed by atoms with Gasteiger partial charge in [-0.3, -0.25) is 0 Å². The van der Waals surface area contributed by atoms with E-state index in [2.05, 4.69) is 48.0 Å². The van der Waals surface area contributed by atoms with Crippen LogP contribution in [0.15, 0.2) is 22.7 Å². The molecular weight excluding hydrogens is 274 g/mol. The van der Waals surface area contributed by atoms with Crippen LogP contribution in [0, 0.1) is 18.8 Å². The maximum absolute atomic E-state index is 6.44. The van der Waals surface area contributed by atoms with Crippen molar-refractivity contribution in [1.82, 2.24) is 0 Å². The summed E-state index contributed by atoms with van der Waals surface area (Å²) in [6.07, 6.45) is 5.30. The van der Waals surface area contributed by atoms with E-state index in [1.54, 1.807) is 0 Å². The third kappa shape index (κ3) is 3.11. The van der Waals surface area contributed by atoms with Gasteiger partial charge in [0.05, 0.1) is 0 Å². The van der Waals surface area contributed by atoms with E-state index in [1.807, 2.05) is 0 Å². The third-order valence-electron chi connectivity index (χ3n) is 4.05. The molecule has 2 rings (SSSR count). The lowest BCUT2D eigenvalue weighted by molar-refractivity contribution is 0.248. The molecule has 1 aliphatic rings. The molecule has 0 heterocycles. The highest BCUT2D eigenvalue weighted by atomic mass is 79.9. The molecular formula is C15H22BrN. The maximum atomic E-state index is 6.44. The Balaban J connectivity index is 2.12. The van der Waals surface area contributed by atoms with E-state index in [-0.39, 0.29) is 6.04 Å². The van der Waals surface area contributed by atoms with E-state index in [0.717, 1.165) is 5.92 Å². The first-order valence-corrected chi connectivity index (χ1v) is 7.39. The van der Waals surface area contributed by atoms with Gasteiger partial charge in [0.15, 0.2) is 0 Å². The molecule has 0 amide bonds. The van der Waals surface area contributed by atoms with Gasteiger partial charge in [0.2, 0.25) is 0 Å². The molecule has 0 saturated heterocycles. The molecule has 3 unspecified atom stereocenters. The fraction of sp³-hybridized carbons (Fsp3) is 0.600. The fourth-order valence-electron chi connectivity index (χ4n) is 2.95. The fourth-order valence-corrected chi connectivity index (χ4v) is 3.20. The predicted octanol–water partition coefficient (Wildman–Crippen LogP) is 4.58. The summed E-state index contributed by atoms with van der Waals surface area (Å²) in [7, 11) is 0. The number of benzene rings is 1. The van der Waals surface area contributed by atoms with Crippen LogP contribution in [-0.2, 0) is 0 Å². The SMILES string of the molecule is Cc1cc(C(N)C2CCCC(C)C2)ccc1Br. The molecule has 1 aromatic rings. The Hall–Kier alpha value is -0.340. The Morgan fingerprint density at radius 2 is 2.12 bits per heavy atom. The van der Waals surface area contributed by atoms with E-state index in [1.165, 1.54) is 41.3 Å². The van der Waals surface area contributed by atoms with Crippen LogP contribution in [0.3, 0.4) is 0 Å². The second-order valence-corrected chi connectivity index (χ2v) is 6.42. The quantitative estimate of drug-likeness (QED) is 0.849. The summed E-state index contributed by atoms with van der Waals surface area (Å²) < 4.78 is 1.17. The van der Waals surface area contributed by atoms with Crippen LogP contribution >= 0.6 is 15.9 Å². The standard InChI is InChI=1S/C15H22BrN/c1-10-4-3-5-12(8-10)15(17)13-6-7-14(16)11(2)9-13/h6-7,9-10,12,15H,3-5,8,17H2,1-2H3. The second-order valence-electron chi connectivity index (χ2n) is 5.57. The number of hydrogen-bond acceptors (Lipinski definition) is 1. The van der Waals surface area contributed by atoms with Gasteiger partial charge >= 0.3 is 0 Å². The van der Waals surface area contributed by atoms with Gasteiger partial charge in [-0.15, -0.1) is 0 Å². The highest BCUT2D eigenvalue weighted by Gasteiger charge is 2.25. The van der Waals surface area contributed by atoms with E-state index in [9.17, 15) is 0 Å². The zero-order chi connectivity index (χ0) is 12.4. The number of rotatable bonds is 2. The molecule has 2 N–H and O–H groups in total. The van der Waals surface area contributed by atoms with E-state index < -0.39 is 0 Å². The Kier molecular flexibility index (Phi) is 4.26. The van der Waals surface area contributed by atoms with Crippen LogP contribution in [0.5, 0.6) is 0 Å². The molecule has 2 heteroatoms. The Labute approximate surface area is 113 Å². The average Bonchev–Trinajstić information content (AvgIpc) is 2.32. The van der Waals surface area contributed by atoms with Crippen LogP contribution < -0.4 is 5.73 Å². The molecule has 1 aromatic carbocycles. The highest BCUT2D eigenvalue weighted by Crippen LogP contribution is 2.36. The van der Waals surface area contributed by atoms with Gasteiger partial charge in [-0.1, -0.05) is 47.8 Å². The van der Waals surface area contributed by atoms with Gasteiger partial charge in [-0.05, 0) is 48.8 Å². The largest absolute Gasteiger partial charge is 0.324 e. The summed E-state index contributed by atoms with van der Waals surface area (Å²) >= 11 is 3.54. The van der Waals surface area contributed by atoms with Crippen molar-refractivity contribution in [3.8, 4) is 0 Å². The summed E-state index contributed by atoms with van der Waals surface area (Å²) in [4.78, 5) is 0. The van der Waals surface area contributed by atoms with Crippen LogP contribution in [0.2, 0.25) is 0 Å². The average molecular weight is 296 g/mol. The molecule has 1 fully saturated rings. The van der Waals surface area contributed by atoms with Crippen molar-refractivity contribution in [2.75, 3.05) is 0 Å². The minimum Gasteiger partial charge on any atom is -0.324 e. The van der Waals surface area contributed by atoms with Crippen molar-refractivity contribution in [2.24, 2.45) is 17.6 Å². The van der Waals surface area contributed by atoms with E-state index >= 15 is 0 Å². The Morgan fingerprint density at radius 1 is 1.35 bits per heavy atom. The second kappa shape index (κ2) is 5.53. The first-order valence-electron chi connectivity index (χ1n) is 6.59. The molecule has 0 radical (unpaired) electrons. The Morgan fingerprint density at radius 3 is 2.76 bits per heavy atom. The number of aryl methyl sites for hydroxylation is 1. The summed E-state index contributed by atoms with van der Waals surface area (Å²) in [5.41, 5.74) is 9.01. The highest BCUT2D eigenvalue weighted by molar-refractivity contribution is 9.10. The lowest BCUT2D eigenvalue weighted by Gasteiger charge is -2.31. The number of hydrogen-bond donors (Lipinski definition) is 1. The normalized spacial score (nSPS) is 26.8. The van der Waals surface area contributed by atoms with Gasteiger partial charge in [-0.25, -0.2) is 0 Å². The minimum atomic E-state index is 0.213. The monoisotopic (exact) mass is 295 g/mol. The van der Waals surface area contributed by atoms with Crippen molar-refractivity contribution >= 4 is 15.9 Å². The van der Waals surface area contributed by atoms with E-state index in [0.29, 0.717) is 5.92 Å². The first-order chi connectivity index (χ1) is 8.08. The zero-order valence-electron chi connectivity index (χ0n) is 10.7. The summed E-state index contributed by atoms with van der Waals surface area (Å²) in [5.74, 6) is 1.51. The van der Waals surface area contributed by atoms with Crippen LogP contribution in [-0.4, -0.2) is 0 Å². The molecule has 1 nitrogen and oxygen atoms in total. The van der Waals surface area contributed by atoms with Gasteiger partial charge in [0.25, 0.3) is 0 Å². The Bertz CT molecular complexity index is 389. The lowest BCUT2D eigenvalue weighted by Crippen LogP contribution is -2.26. The molecule has 1 saturated carbocycles. The molecule has 1 aliphatic carbocycles. The van der Waals surface area contributed by atoms with Gasteiger partial charge < -0.3 is 5.73 Å².